The van der Waals surface area contributed by atoms with Crippen LogP contribution >= 0.6 is 0 Å². The first-order valence-corrected chi connectivity index (χ1v) is 5.67. The van der Waals surface area contributed by atoms with Gasteiger partial charge in [-0.25, -0.2) is 0 Å². The van der Waals surface area contributed by atoms with Crippen LogP contribution in [0.1, 0.15) is 12.8 Å². The zero-order valence-corrected chi connectivity index (χ0v) is 10.1. The van der Waals surface area contributed by atoms with E-state index in [4.69, 9.17) is 9.47 Å². The van der Waals surface area contributed by atoms with Gasteiger partial charge in [0.05, 0.1) is 14.2 Å². The maximum absolute atomic E-state index is 9.17. The minimum Gasteiger partial charge on any atom is -0.494 e. The molecule has 1 saturated heterocycles. The lowest BCUT2D eigenvalue weighted by atomic mass is 10.2. The molecule has 0 aromatic heterocycles. The van der Waals surface area contributed by atoms with Crippen LogP contribution in [0.5, 0.6) is 11.5 Å². The lowest BCUT2D eigenvalue weighted by Gasteiger charge is -2.18. The molecule has 90 valence electrons. The van der Waals surface area contributed by atoms with E-state index in [2.05, 4.69) is 9.88 Å². The van der Waals surface area contributed by atoms with E-state index in [9.17, 15) is 5.39 Å². The second-order valence-electron chi connectivity index (χ2n) is 3.96. The molecule has 0 bridgehead atoms. The van der Waals surface area contributed by atoms with Gasteiger partial charge in [0.25, 0.3) is 0 Å². The monoisotopic (exact) mass is 234 g/mol. The fourth-order valence-electron chi connectivity index (χ4n) is 2.22. The molecule has 0 spiro atoms. The van der Waals surface area contributed by atoms with Crippen molar-refractivity contribution >= 4 is 11.4 Å². The third kappa shape index (κ3) is 1.98. The van der Waals surface area contributed by atoms with E-state index in [1.807, 2.05) is 6.07 Å². The highest BCUT2D eigenvalue weighted by atomic mass is 16.5. The molecule has 17 heavy (non-hydrogen) atoms. The lowest BCUT2D eigenvalue weighted by Crippen LogP contribution is -2.18. The van der Waals surface area contributed by atoms with Gasteiger partial charge in [0.15, 0.2) is 16.4 Å². The van der Waals surface area contributed by atoms with Crippen LogP contribution in [0, 0.1) is 5.39 Å². The third-order valence-electron chi connectivity index (χ3n) is 3.04. The molecule has 0 atom stereocenters. The Kier molecular flexibility index (Phi) is 3.33. The summed E-state index contributed by atoms with van der Waals surface area (Å²) in [5.41, 5.74) is 1.25. The maximum atomic E-state index is 9.17. The van der Waals surface area contributed by atoms with Gasteiger partial charge in [-0.15, -0.1) is 0 Å². The summed E-state index contributed by atoms with van der Waals surface area (Å²) in [4.78, 5) is 5.51. The zero-order chi connectivity index (χ0) is 12.3. The Bertz CT molecular complexity index is 448. The molecule has 1 heterocycles. The van der Waals surface area contributed by atoms with E-state index in [-0.39, 0.29) is 0 Å². The molecule has 2 rings (SSSR count). The highest BCUT2D eigenvalue weighted by molar-refractivity contribution is 5.82. The predicted octanol–water partition coefficient (Wildman–Crippen LogP) is 2.79. The molecule has 0 N–H and O–H groups in total. The van der Waals surface area contributed by atoms with E-state index >= 15 is 0 Å². The molecule has 0 amide bonds. The van der Waals surface area contributed by atoms with Gasteiger partial charge in [-0.05, 0) is 25.0 Å². The molecule has 1 aromatic carbocycles. The summed E-state index contributed by atoms with van der Waals surface area (Å²) >= 11 is 0. The average molecular weight is 234 g/mol. The van der Waals surface area contributed by atoms with Crippen molar-refractivity contribution in [2.75, 3.05) is 32.2 Å². The number of diazo groups is 1. The van der Waals surface area contributed by atoms with Crippen molar-refractivity contribution < 1.29 is 9.47 Å². The molecular weight excluding hydrogens is 218 g/mol. The number of hydrogen-bond donors (Lipinski definition) is 0. The first-order valence-electron chi connectivity index (χ1n) is 5.67. The van der Waals surface area contributed by atoms with Gasteiger partial charge in [-0.3, -0.25) is 0 Å². The third-order valence-corrected chi connectivity index (χ3v) is 3.04. The molecule has 0 unspecified atom stereocenters. The summed E-state index contributed by atoms with van der Waals surface area (Å²) in [6.07, 6.45) is 2.29. The normalized spacial score (nSPS) is 14.5. The van der Waals surface area contributed by atoms with Crippen LogP contribution < -0.4 is 14.4 Å². The number of methoxy groups -OCH3 is 2. The Morgan fingerprint density at radius 2 is 1.71 bits per heavy atom. The van der Waals surface area contributed by atoms with Crippen LogP contribution in [-0.4, -0.2) is 27.3 Å². The van der Waals surface area contributed by atoms with E-state index in [1.54, 1.807) is 20.3 Å². The Labute approximate surface area is 101 Å². The van der Waals surface area contributed by atoms with Crippen molar-refractivity contribution in [3.63, 3.8) is 0 Å². The van der Waals surface area contributed by atoms with E-state index in [0.717, 1.165) is 31.6 Å². The molecule has 0 aliphatic carbocycles. The maximum Gasteiger partial charge on any atom is 0.452 e. The van der Waals surface area contributed by atoms with Crippen molar-refractivity contribution in [2.45, 2.75) is 12.8 Å². The smallest absolute Gasteiger partial charge is 0.452 e. The van der Waals surface area contributed by atoms with Gasteiger partial charge in [0, 0.05) is 13.1 Å². The quantitative estimate of drug-likeness (QED) is 0.754. The number of rotatable bonds is 3. The topological polar surface area (TPSA) is 49.9 Å². The van der Waals surface area contributed by atoms with Crippen LogP contribution in [0.25, 0.3) is 4.98 Å². The number of benzene rings is 1. The second kappa shape index (κ2) is 4.91. The van der Waals surface area contributed by atoms with Gasteiger partial charge in [0.1, 0.15) is 0 Å². The highest BCUT2D eigenvalue weighted by Gasteiger charge is 2.31. The van der Waals surface area contributed by atoms with Gasteiger partial charge in [-0.1, -0.05) is 0 Å². The fourth-order valence-corrected chi connectivity index (χ4v) is 2.22. The Morgan fingerprint density at radius 1 is 1.12 bits per heavy atom. The molecule has 0 radical (unpaired) electrons. The zero-order valence-electron chi connectivity index (χ0n) is 10.1. The largest absolute Gasteiger partial charge is 0.494 e. The van der Waals surface area contributed by atoms with Crippen molar-refractivity contribution in [1.29, 1.82) is 5.39 Å². The standard InChI is InChI=1S/C12H16N3O2/c1-16-9-5-6-10(17-2)12(11(9)14-13)15-7-3-4-8-15/h5-6H,3-4,7-8H2,1-2H3/q+1. The van der Waals surface area contributed by atoms with Crippen LogP contribution in [0.3, 0.4) is 0 Å². The van der Waals surface area contributed by atoms with E-state index in [1.165, 1.54) is 0 Å². The Balaban J connectivity index is 2.55. The van der Waals surface area contributed by atoms with Gasteiger partial charge < -0.3 is 14.4 Å². The number of nitrogens with zero attached hydrogens (tertiary/aromatic N) is 3. The first kappa shape index (κ1) is 11.5. The predicted molar refractivity (Wildman–Crippen MR) is 65.7 cm³/mol. The fraction of sp³-hybridized carbons (Fsp3) is 0.500. The molecule has 5 nitrogen and oxygen atoms in total. The van der Waals surface area contributed by atoms with Gasteiger partial charge in [-0.2, -0.15) is 0 Å². The molecule has 1 aliphatic heterocycles. The van der Waals surface area contributed by atoms with Crippen molar-refractivity contribution in [1.82, 2.24) is 0 Å². The van der Waals surface area contributed by atoms with Crippen LogP contribution in [0.2, 0.25) is 0 Å². The SMILES string of the molecule is COc1ccc(OC)c(N2CCCC2)c1[N+]#N. The number of ether oxygens (including phenoxy) is 2. The van der Waals surface area contributed by atoms with Crippen LogP contribution in [0.4, 0.5) is 11.4 Å². The summed E-state index contributed by atoms with van der Waals surface area (Å²) in [5, 5.41) is 9.17. The summed E-state index contributed by atoms with van der Waals surface area (Å²) in [5.74, 6) is 1.26. The van der Waals surface area contributed by atoms with Crippen LogP contribution in [0.15, 0.2) is 12.1 Å². The summed E-state index contributed by atoms with van der Waals surface area (Å²) in [7, 11) is 3.17. The lowest BCUT2D eigenvalue weighted by molar-refractivity contribution is 0.405. The minimum absolute atomic E-state index is 0.439. The summed E-state index contributed by atoms with van der Waals surface area (Å²) in [6, 6.07) is 3.58. The van der Waals surface area contributed by atoms with Crippen molar-refractivity contribution in [2.24, 2.45) is 0 Å². The molecule has 0 saturated carbocycles. The molecule has 1 fully saturated rings. The number of hydrogen-bond acceptors (Lipinski definition) is 4. The molecule has 1 aliphatic rings. The van der Waals surface area contributed by atoms with Crippen LogP contribution in [-0.2, 0) is 0 Å². The van der Waals surface area contributed by atoms with Gasteiger partial charge >= 0.3 is 5.69 Å². The van der Waals surface area contributed by atoms with Crippen molar-refractivity contribution in [3.05, 3.63) is 17.1 Å². The molecule has 1 aromatic rings. The highest BCUT2D eigenvalue weighted by Crippen LogP contribution is 2.45. The average Bonchev–Trinajstić information content (AvgIpc) is 2.90. The second-order valence-corrected chi connectivity index (χ2v) is 3.96. The Morgan fingerprint density at radius 3 is 2.24 bits per heavy atom. The molecular formula is C12H16N3O2+. The Hall–Kier alpha value is -1.96. The minimum atomic E-state index is 0.439. The van der Waals surface area contributed by atoms with E-state index < -0.39 is 0 Å². The van der Waals surface area contributed by atoms with Gasteiger partial charge in [0.2, 0.25) is 11.1 Å². The summed E-state index contributed by atoms with van der Waals surface area (Å²) in [6.45, 7) is 1.90. The van der Waals surface area contributed by atoms with Crippen molar-refractivity contribution in [3.8, 4) is 11.5 Å². The molecule has 5 heteroatoms. The van der Waals surface area contributed by atoms with E-state index in [0.29, 0.717) is 17.2 Å². The number of anilines is 1. The first-order chi connectivity index (χ1) is 8.31. The summed E-state index contributed by atoms with van der Waals surface area (Å²) < 4.78 is 10.5.